The lowest BCUT2D eigenvalue weighted by Gasteiger charge is -2.31. The van der Waals surface area contributed by atoms with Crippen LogP contribution >= 0.6 is 15.9 Å². The second-order valence-corrected chi connectivity index (χ2v) is 7.30. The van der Waals surface area contributed by atoms with E-state index >= 15 is 0 Å². The van der Waals surface area contributed by atoms with E-state index in [1.54, 1.807) is 0 Å². The molecule has 1 aliphatic heterocycles. The van der Waals surface area contributed by atoms with Crippen molar-refractivity contribution in [2.24, 2.45) is 5.10 Å². The monoisotopic (exact) mass is 400 g/mol. The molecule has 4 nitrogen and oxygen atoms in total. The largest absolute Gasteiger partial charge is 0.365 e. The van der Waals surface area contributed by atoms with Crippen LogP contribution in [0.2, 0.25) is 0 Å². The first-order valence-electron chi connectivity index (χ1n) is 8.36. The molecule has 3 rings (SSSR count). The van der Waals surface area contributed by atoms with Crippen molar-refractivity contribution in [1.29, 1.82) is 0 Å². The Balaban J connectivity index is 1.89. The van der Waals surface area contributed by atoms with E-state index < -0.39 is 5.72 Å². The van der Waals surface area contributed by atoms with Crippen molar-refractivity contribution in [2.45, 2.75) is 38.8 Å². The lowest BCUT2D eigenvalue weighted by Crippen LogP contribution is -2.44. The summed E-state index contributed by atoms with van der Waals surface area (Å²) < 4.78 is 0.923. The van der Waals surface area contributed by atoms with Crippen LogP contribution in [0.15, 0.2) is 58.1 Å². The maximum absolute atomic E-state index is 12.9. The minimum atomic E-state index is -1.42. The molecule has 0 bridgehead atoms. The van der Waals surface area contributed by atoms with Gasteiger partial charge in [0.25, 0.3) is 0 Å². The smallest absolute Gasteiger partial charge is 0.250 e. The molecule has 1 atom stereocenters. The van der Waals surface area contributed by atoms with Gasteiger partial charge < -0.3 is 5.11 Å². The molecule has 1 heterocycles. The van der Waals surface area contributed by atoms with E-state index in [2.05, 4.69) is 21.0 Å². The van der Waals surface area contributed by atoms with Crippen LogP contribution in [0.3, 0.4) is 0 Å². The molecule has 0 radical (unpaired) electrons. The van der Waals surface area contributed by atoms with Gasteiger partial charge in [0.15, 0.2) is 5.72 Å². The Kier molecular flexibility index (Phi) is 5.06. The second kappa shape index (κ2) is 7.10. The Labute approximate surface area is 156 Å². The fraction of sp³-hybridized carbons (Fsp3) is 0.300. The summed E-state index contributed by atoms with van der Waals surface area (Å²) in [5, 5.41) is 17.0. The number of hydrogen-bond donors (Lipinski definition) is 1. The highest BCUT2D eigenvalue weighted by Crippen LogP contribution is 2.36. The fourth-order valence-corrected chi connectivity index (χ4v) is 3.24. The Hall–Kier alpha value is -1.98. The average Bonchev–Trinajstić information content (AvgIpc) is 2.96. The van der Waals surface area contributed by atoms with E-state index in [9.17, 15) is 9.90 Å². The number of halogens is 1. The van der Waals surface area contributed by atoms with E-state index in [-0.39, 0.29) is 12.3 Å². The van der Waals surface area contributed by atoms with Crippen molar-refractivity contribution in [3.8, 4) is 0 Å². The average molecular weight is 401 g/mol. The molecule has 0 saturated heterocycles. The summed E-state index contributed by atoms with van der Waals surface area (Å²) in [6.07, 6.45) is 1.25. The first kappa shape index (κ1) is 17.8. The number of benzene rings is 2. The van der Waals surface area contributed by atoms with E-state index in [4.69, 9.17) is 0 Å². The number of rotatable bonds is 4. The van der Waals surface area contributed by atoms with Gasteiger partial charge in [0.2, 0.25) is 5.91 Å². The quantitative estimate of drug-likeness (QED) is 0.837. The van der Waals surface area contributed by atoms with Crippen LogP contribution < -0.4 is 0 Å². The molecule has 0 saturated carbocycles. The Morgan fingerprint density at radius 3 is 2.44 bits per heavy atom. The van der Waals surface area contributed by atoms with Crippen LogP contribution in [0, 0.1) is 6.92 Å². The maximum Gasteiger partial charge on any atom is 0.250 e. The second-order valence-electron chi connectivity index (χ2n) is 6.39. The molecule has 0 fully saturated rings. The third-order valence-corrected chi connectivity index (χ3v) is 5.00. The van der Waals surface area contributed by atoms with E-state index in [1.165, 1.54) is 5.01 Å². The normalized spacial score (nSPS) is 19.8. The third-order valence-electron chi connectivity index (χ3n) is 4.47. The SMILES string of the molecule is CCC1=NN(C(=O)Cc2ccc(C)cc2)C(O)(c2ccc(Br)cc2)C1. The zero-order chi connectivity index (χ0) is 18.0. The molecular formula is C20H21BrN2O2. The number of hydrogen-bond acceptors (Lipinski definition) is 3. The number of hydrazone groups is 1. The number of carbonyl (C=O) groups is 1. The Morgan fingerprint density at radius 1 is 1.20 bits per heavy atom. The van der Waals surface area contributed by atoms with Gasteiger partial charge in [0.05, 0.1) is 6.42 Å². The summed E-state index contributed by atoms with van der Waals surface area (Å²) in [5.74, 6) is -0.210. The van der Waals surface area contributed by atoms with Gasteiger partial charge in [-0.15, -0.1) is 0 Å². The molecule has 2 aromatic rings. The maximum atomic E-state index is 12.9. The first-order chi connectivity index (χ1) is 11.9. The minimum absolute atomic E-state index is 0.208. The van der Waals surface area contributed by atoms with Gasteiger partial charge in [-0.2, -0.15) is 10.1 Å². The van der Waals surface area contributed by atoms with Gasteiger partial charge in [0, 0.05) is 22.2 Å². The zero-order valence-electron chi connectivity index (χ0n) is 14.4. The topological polar surface area (TPSA) is 52.9 Å². The molecule has 25 heavy (non-hydrogen) atoms. The molecule has 1 aliphatic rings. The van der Waals surface area contributed by atoms with Crippen LogP contribution in [-0.2, 0) is 16.9 Å². The fourth-order valence-electron chi connectivity index (χ4n) is 2.97. The Morgan fingerprint density at radius 2 is 1.84 bits per heavy atom. The van der Waals surface area contributed by atoms with Crippen molar-refractivity contribution in [1.82, 2.24) is 5.01 Å². The molecule has 1 N–H and O–H groups in total. The molecule has 0 aliphatic carbocycles. The van der Waals surface area contributed by atoms with E-state index in [0.29, 0.717) is 18.4 Å². The zero-order valence-corrected chi connectivity index (χ0v) is 16.0. The number of nitrogens with zero attached hydrogens (tertiary/aromatic N) is 2. The molecule has 130 valence electrons. The van der Waals surface area contributed by atoms with Crippen LogP contribution in [-0.4, -0.2) is 21.7 Å². The number of carbonyl (C=O) groups excluding carboxylic acids is 1. The summed E-state index contributed by atoms with van der Waals surface area (Å²) in [6, 6.07) is 15.2. The van der Waals surface area contributed by atoms with Crippen LogP contribution in [0.25, 0.3) is 0 Å². The Bertz CT molecular complexity index is 799. The van der Waals surface area contributed by atoms with Crippen LogP contribution in [0.1, 0.15) is 36.5 Å². The molecule has 1 unspecified atom stereocenters. The van der Waals surface area contributed by atoms with E-state index in [0.717, 1.165) is 21.3 Å². The van der Waals surface area contributed by atoms with Crippen molar-refractivity contribution >= 4 is 27.5 Å². The molecular weight excluding hydrogens is 380 g/mol. The molecule has 0 spiro atoms. The molecule has 0 aromatic heterocycles. The van der Waals surface area contributed by atoms with Gasteiger partial charge in [-0.3, -0.25) is 4.79 Å². The lowest BCUT2D eigenvalue weighted by atomic mass is 9.96. The highest BCUT2D eigenvalue weighted by molar-refractivity contribution is 9.10. The summed E-state index contributed by atoms with van der Waals surface area (Å²) >= 11 is 3.40. The lowest BCUT2D eigenvalue weighted by molar-refractivity contribution is -0.157. The number of aliphatic hydroxyl groups is 1. The van der Waals surface area contributed by atoms with Crippen molar-refractivity contribution in [3.05, 3.63) is 69.7 Å². The standard InChI is InChI=1S/C20H21BrN2O2/c1-3-18-13-20(25,16-8-10-17(21)11-9-16)23(22-18)19(24)12-15-6-4-14(2)5-7-15/h4-11,25H,3,12-13H2,1-2H3. The predicted molar refractivity (Wildman–Crippen MR) is 102 cm³/mol. The van der Waals surface area contributed by atoms with Gasteiger partial charge in [0.1, 0.15) is 0 Å². The number of amides is 1. The number of aryl methyl sites for hydroxylation is 1. The predicted octanol–water partition coefficient (Wildman–Crippen LogP) is 4.14. The summed E-state index contributed by atoms with van der Waals surface area (Å²) in [7, 11) is 0. The summed E-state index contributed by atoms with van der Waals surface area (Å²) in [4.78, 5) is 12.9. The van der Waals surface area contributed by atoms with Crippen molar-refractivity contribution in [3.63, 3.8) is 0 Å². The highest BCUT2D eigenvalue weighted by Gasteiger charge is 2.45. The van der Waals surface area contributed by atoms with Crippen molar-refractivity contribution < 1.29 is 9.90 Å². The van der Waals surface area contributed by atoms with Gasteiger partial charge >= 0.3 is 0 Å². The van der Waals surface area contributed by atoms with Gasteiger partial charge in [-0.25, -0.2) is 0 Å². The van der Waals surface area contributed by atoms with Gasteiger partial charge in [-0.1, -0.05) is 64.8 Å². The van der Waals surface area contributed by atoms with Crippen LogP contribution in [0.5, 0.6) is 0 Å². The van der Waals surface area contributed by atoms with E-state index in [1.807, 2.05) is 62.4 Å². The molecule has 2 aromatic carbocycles. The minimum Gasteiger partial charge on any atom is -0.365 e. The third kappa shape index (κ3) is 3.67. The van der Waals surface area contributed by atoms with Gasteiger partial charge in [-0.05, 0) is 31.0 Å². The first-order valence-corrected chi connectivity index (χ1v) is 9.15. The summed E-state index contributed by atoms with van der Waals surface area (Å²) in [6.45, 7) is 3.99. The van der Waals surface area contributed by atoms with Crippen molar-refractivity contribution in [2.75, 3.05) is 0 Å². The molecule has 1 amide bonds. The molecule has 5 heteroatoms. The highest BCUT2D eigenvalue weighted by atomic mass is 79.9. The van der Waals surface area contributed by atoms with Crippen LogP contribution in [0.4, 0.5) is 0 Å². The summed E-state index contributed by atoms with van der Waals surface area (Å²) in [5.41, 5.74) is 2.13.